The smallest absolute Gasteiger partial charge is 0.188 e. The van der Waals surface area contributed by atoms with Crippen LogP contribution in [-0.2, 0) is 0 Å². The average molecular weight is 344 g/mol. The van der Waals surface area contributed by atoms with Crippen molar-refractivity contribution in [3.63, 3.8) is 0 Å². The van der Waals surface area contributed by atoms with Gasteiger partial charge >= 0.3 is 0 Å². The van der Waals surface area contributed by atoms with Gasteiger partial charge in [0.05, 0.1) is 13.2 Å². The molecule has 6 heteroatoms. The lowest BCUT2D eigenvalue weighted by molar-refractivity contribution is 0.0464. The maximum Gasteiger partial charge on any atom is 0.188 e. The Hall–Kier alpha value is -2.34. The van der Waals surface area contributed by atoms with Gasteiger partial charge in [0.15, 0.2) is 22.3 Å². The summed E-state index contributed by atoms with van der Waals surface area (Å²) in [5.74, 6) is 1.13. The maximum atomic E-state index is 13.3. The molecule has 0 aromatic heterocycles. The van der Waals surface area contributed by atoms with Crippen molar-refractivity contribution >= 4 is 23.0 Å². The van der Waals surface area contributed by atoms with Gasteiger partial charge in [0.25, 0.3) is 0 Å². The second-order valence-electron chi connectivity index (χ2n) is 6.17. The zero-order valence-electron chi connectivity index (χ0n) is 13.4. The second-order valence-corrected chi connectivity index (χ2v) is 6.56. The first kappa shape index (κ1) is 15.2. The highest BCUT2D eigenvalue weighted by Crippen LogP contribution is 2.48. The number of nitrogens with zero attached hydrogens (tertiary/aromatic N) is 1. The number of halogens is 1. The minimum atomic E-state index is -0.674. The summed E-state index contributed by atoms with van der Waals surface area (Å²) in [6, 6.07) is 12.1. The highest BCUT2D eigenvalue weighted by molar-refractivity contribution is 7.80. The van der Waals surface area contributed by atoms with Crippen molar-refractivity contribution < 1.29 is 13.9 Å². The van der Waals surface area contributed by atoms with Crippen LogP contribution in [-0.4, -0.2) is 17.9 Å². The van der Waals surface area contributed by atoms with Crippen LogP contribution >= 0.6 is 12.2 Å². The van der Waals surface area contributed by atoms with Crippen LogP contribution in [0.25, 0.3) is 0 Å². The number of para-hydroxylation sites is 1. The summed E-state index contributed by atoms with van der Waals surface area (Å²) in [6.07, 6.45) is 0.713. The van der Waals surface area contributed by atoms with E-state index in [-0.39, 0.29) is 11.9 Å². The molecule has 124 valence electrons. The Morgan fingerprint density at radius 3 is 2.75 bits per heavy atom. The third-order valence-electron chi connectivity index (χ3n) is 4.57. The highest BCUT2D eigenvalue weighted by Gasteiger charge is 2.49. The monoisotopic (exact) mass is 344 g/mol. The van der Waals surface area contributed by atoms with Gasteiger partial charge in [0.1, 0.15) is 5.82 Å². The fourth-order valence-electron chi connectivity index (χ4n) is 3.50. The minimum absolute atomic E-state index is 0.0537. The fraction of sp³-hybridized carbons (Fsp3) is 0.278. The molecule has 1 saturated heterocycles. The molecule has 1 N–H and O–H groups in total. The van der Waals surface area contributed by atoms with Crippen LogP contribution in [0.4, 0.5) is 10.1 Å². The number of hydrogen-bond acceptors (Lipinski definition) is 3. The molecule has 1 fully saturated rings. The SMILES string of the molecule is COc1cccc2c1OC1(C)CC2NC(=S)N1c1ccc(F)cc1. The fourth-order valence-corrected chi connectivity index (χ4v) is 3.94. The van der Waals surface area contributed by atoms with E-state index in [2.05, 4.69) is 5.32 Å². The number of hydrogen-bond donors (Lipinski definition) is 1. The predicted octanol–water partition coefficient (Wildman–Crippen LogP) is 3.77. The Morgan fingerprint density at radius 2 is 2.04 bits per heavy atom. The van der Waals surface area contributed by atoms with Gasteiger partial charge in [-0.25, -0.2) is 4.39 Å². The Balaban J connectivity index is 1.81. The van der Waals surface area contributed by atoms with Crippen molar-refractivity contribution in [2.24, 2.45) is 0 Å². The van der Waals surface area contributed by atoms with Crippen LogP contribution in [0.3, 0.4) is 0 Å². The molecule has 0 amide bonds. The molecular formula is C18H17FN2O2S. The number of ether oxygens (including phenoxy) is 2. The molecule has 2 atom stereocenters. The standard InChI is InChI=1S/C18H17FN2O2S/c1-18-10-14(13-4-3-5-15(22-2)16(13)23-18)20-17(24)21(18)12-8-6-11(19)7-9-12/h3-9,14H,10H2,1-2H3,(H,20,24). The first-order valence-corrected chi connectivity index (χ1v) is 8.15. The van der Waals surface area contributed by atoms with E-state index in [0.29, 0.717) is 17.3 Å². The van der Waals surface area contributed by atoms with E-state index in [1.807, 2.05) is 30.0 Å². The Kier molecular flexibility index (Phi) is 3.38. The van der Waals surface area contributed by atoms with E-state index in [0.717, 1.165) is 17.0 Å². The van der Waals surface area contributed by atoms with Gasteiger partial charge < -0.3 is 14.8 Å². The molecule has 2 aromatic rings. The van der Waals surface area contributed by atoms with Crippen LogP contribution in [0.15, 0.2) is 42.5 Å². The van der Waals surface area contributed by atoms with E-state index < -0.39 is 5.72 Å². The lowest BCUT2D eigenvalue weighted by atomic mass is 9.90. The van der Waals surface area contributed by atoms with Crippen molar-refractivity contribution in [3.05, 3.63) is 53.8 Å². The van der Waals surface area contributed by atoms with Gasteiger partial charge in [-0.2, -0.15) is 0 Å². The summed E-state index contributed by atoms with van der Waals surface area (Å²) in [6.45, 7) is 1.99. The van der Waals surface area contributed by atoms with Crippen molar-refractivity contribution in [1.82, 2.24) is 5.32 Å². The molecule has 0 radical (unpaired) electrons. The van der Waals surface area contributed by atoms with Crippen molar-refractivity contribution in [2.45, 2.75) is 25.1 Å². The van der Waals surface area contributed by atoms with E-state index in [9.17, 15) is 4.39 Å². The first-order valence-electron chi connectivity index (χ1n) is 7.74. The third kappa shape index (κ3) is 2.21. The van der Waals surface area contributed by atoms with Gasteiger partial charge in [-0.15, -0.1) is 0 Å². The lowest BCUT2D eigenvalue weighted by Crippen LogP contribution is -2.65. The Morgan fingerprint density at radius 1 is 1.29 bits per heavy atom. The van der Waals surface area contributed by atoms with E-state index in [1.54, 1.807) is 19.2 Å². The molecule has 2 bridgehead atoms. The van der Waals surface area contributed by atoms with Gasteiger partial charge in [-0.1, -0.05) is 12.1 Å². The second kappa shape index (κ2) is 5.34. The van der Waals surface area contributed by atoms with Gasteiger partial charge in [-0.05, 0) is 49.5 Å². The first-order chi connectivity index (χ1) is 11.5. The van der Waals surface area contributed by atoms with E-state index >= 15 is 0 Å². The van der Waals surface area contributed by atoms with E-state index in [1.165, 1.54) is 12.1 Å². The molecule has 0 saturated carbocycles. The molecule has 4 nitrogen and oxygen atoms in total. The zero-order chi connectivity index (χ0) is 16.9. The number of methoxy groups -OCH3 is 1. The number of benzene rings is 2. The Labute approximate surface area is 145 Å². The summed E-state index contributed by atoms with van der Waals surface area (Å²) in [4.78, 5) is 1.90. The minimum Gasteiger partial charge on any atom is -0.493 e. The molecule has 0 aliphatic carbocycles. The highest BCUT2D eigenvalue weighted by atomic mass is 32.1. The van der Waals surface area contributed by atoms with Crippen LogP contribution in [0, 0.1) is 5.82 Å². The topological polar surface area (TPSA) is 33.7 Å². The van der Waals surface area contributed by atoms with E-state index in [4.69, 9.17) is 21.7 Å². The van der Waals surface area contributed by atoms with Gasteiger partial charge in [-0.3, -0.25) is 4.90 Å². The Bertz CT molecular complexity index is 811. The predicted molar refractivity (Wildman–Crippen MR) is 94.0 cm³/mol. The number of thiocarbonyl (C=S) groups is 1. The zero-order valence-corrected chi connectivity index (χ0v) is 14.2. The number of anilines is 1. The number of nitrogens with one attached hydrogen (secondary N) is 1. The summed E-state index contributed by atoms with van der Waals surface area (Å²) in [5, 5.41) is 3.94. The lowest BCUT2D eigenvalue weighted by Gasteiger charge is -2.52. The summed E-state index contributed by atoms with van der Waals surface area (Å²) < 4.78 is 25.1. The van der Waals surface area contributed by atoms with Crippen LogP contribution in [0.5, 0.6) is 11.5 Å². The molecular weight excluding hydrogens is 327 g/mol. The van der Waals surface area contributed by atoms with Crippen molar-refractivity contribution in [3.8, 4) is 11.5 Å². The largest absolute Gasteiger partial charge is 0.493 e. The molecule has 2 aromatic carbocycles. The third-order valence-corrected chi connectivity index (χ3v) is 4.87. The van der Waals surface area contributed by atoms with Crippen molar-refractivity contribution in [2.75, 3.05) is 12.0 Å². The molecule has 2 heterocycles. The summed E-state index contributed by atoms with van der Waals surface area (Å²) in [5.41, 5.74) is 1.15. The molecule has 2 aliphatic rings. The van der Waals surface area contributed by atoms with Crippen LogP contribution < -0.4 is 19.7 Å². The molecule has 4 rings (SSSR count). The number of fused-ring (bicyclic) bond motifs is 4. The maximum absolute atomic E-state index is 13.3. The summed E-state index contributed by atoms with van der Waals surface area (Å²) >= 11 is 5.57. The molecule has 2 aliphatic heterocycles. The van der Waals surface area contributed by atoms with Gasteiger partial charge in [0.2, 0.25) is 0 Å². The molecule has 0 spiro atoms. The van der Waals surface area contributed by atoms with Crippen LogP contribution in [0.2, 0.25) is 0 Å². The van der Waals surface area contributed by atoms with Crippen LogP contribution in [0.1, 0.15) is 24.9 Å². The summed E-state index contributed by atoms with van der Waals surface area (Å²) in [7, 11) is 1.63. The van der Waals surface area contributed by atoms with Gasteiger partial charge in [0, 0.05) is 17.7 Å². The van der Waals surface area contributed by atoms with Crippen molar-refractivity contribution in [1.29, 1.82) is 0 Å². The normalized spacial score (nSPS) is 24.7. The quantitative estimate of drug-likeness (QED) is 0.839. The molecule has 2 unspecified atom stereocenters. The average Bonchev–Trinajstić information content (AvgIpc) is 2.55. The number of rotatable bonds is 2. The molecule has 24 heavy (non-hydrogen) atoms.